The maximum absolute atomic E-state index is 4.23. The summed E-state index contributed by atoms with van der Waals surface area (Å²) in [6.45, 7) is 7.03. The molecule has 21 heavy (non-hydrogen) atoms. The van der Waals surface area contributed by atoms with Gasteiger partial charge in [0.25, 0.3) is 0 Å². The number of nitrogens with one attached hydrogen (secondary N) is 1. The van der Waals surface area contributed by atoms with Gasteiger partial charge < -0.3 is 5.32 Å². The van der Waals surface area contributed by atoms with Crippen molar-refractivity contribution in [3.63, 3.8) is 0 Å². The lowest BCUT2D eigenvalue weighted by Crippen LogP contribution is -2.19. The van der Waals surface area contributed by atoms with Crippen LogP contribution in [0.3, 0.4) is 0 Å². The van der Waals surface area contributed by atoms with E-state index in [0.717, 1.165) is 25.3 Å². The molecule has 1 aromatic heterocycles. The fourth-order valence-corrected chi connectivity index (χ4v) is 2.90. The molecule has 2 aromatic rings. The Hall–Kier alpha value is -1.68. The normalized spacial score (nSPS) is 13.9. The van der Waals surface area contributed by atoms with Gasteiger partial charge in [-0.3, -0.25) is 0 Å². The number of aromatic nitrogens is 3. The third-order valence-corrected chi connectivity index (χ3v) is 3.95. The van der Waals surface area contributed by atoms with Crippen molar-refractivity contribution in [3.8, 4) is 0 Å². The molecule has 0 fully saturated rings. The first kappa shape index (κ1) is 14.3. The summed E-state index contributed by atoms with van der Waals surface area (Å²) in [6.07, 6.45) is 5.81. The van der Waals surface area contributed by atoms with Gasteiger partial charge in [0.2, 0.25) is 0 Å². The van der Waals surface area contributed by atoms with Crippen LogP contribution >= 0.6 is 0 Å². The molecule has 1 aromatic carbocycles. The monoisotopic (exact) mass is 284 g/mol. The fourth-order valence-electron chi connectivity index (χ4n) is 2.90. The smallest absolute Gasteiger partial charge is 0.0964 e. The number of benzene rings is 1. The van der Waals surface area contributed by atoms with Crippen LogP contribution in [-0.2, 0) is 25.9 Å². The van der Waals surface area contributed by atoms with E-state index in [9.17, 15) is 0 Å². The van der Waals surface area contributed by atoms with Crippen LogP contribution in [0.5, 0.6) is 0 Å². The molecular weight excluding hydrogens is 260 g/mol. The van der Waals surface area contributed by atoms with Crippen LogP contribution in [0.1, 0.15) is 42.7 Å². The van der Waals surface area contributed by atoms with Crippen molar-refractivity contribution in [1.82, 2.24) is 20.3 Å². The van der Waals surface area contributed by atoms with E-state index >= 15 is 0 Å². The quantitative estimate of drug-likeness (QED) is 0.886. The van der Waals surface area contributed by atoms with Crippen molar-refractivity contribution < 1.29 is 0 Å². The second kappa shape index (κ2) is 6.39. The maximum atomic E-state index is 4.23. The molecule has 4 nitrogen and oxygen atoms in total. The Balaban J connectivity index is 1.59. The van der Waals surface area contributed by atoms with Crippen LogP contribution in [0.2, 0.25) is 0 Å². The summed E-state index contributed by atoms with van der Waals surface area (Å²) >= 11 is 0. The van der Waals surface area contributed by atoms with Gasteiger partial charge in [-0.05, 0) is 48.4 Å². The minimum atomic E-state index is 0.659. The first-order valence-electron chi connectivity index (χ1n) is 7.91. The largest absolute Gasteiger partial charge is 0.311 e. The number of aryl methyl sites for hydroxylation is 2. The molecule has 1 N–H and O–H groups in total. The zero-order valence-corrected chi connectivity index (χ0v) is 13.0. The zero-order chi connectivity index (χ0) is 14.7. The topological polar surface area (TPSA) is 42.7 Å². The summed E-state index contributed by atoms with van der Waals surface area (Å²) in [7, 11) is 0. The lowest BCUT2D eigenvalue weighted by molar-refractivity contribution is 0.548. The second-order valence-electron chi connectivity index (χ2n) is 6.39. The minimum Gasteiger partial charge on any atom is -0.311 e. The highest BCUT2D eigenvalue weighted by Crippen LogP contribution is 2.23. The number of fused-ring (bicyclic) bond motifs is 1. The molecule has 0 atom stereocenters. The van der Waals surface area contributed by atoms with Crippen molar-refractivity contribution in [2.45, 2.75) is 46.2 Å². The van der Waals surface area contributed by atoms with Crippen LogP contribution in [0.25, 0.3) is 0 Å². The Labute approximate surface area is 126 Å². The van der Waals surface area contributed by atoms with Gasteiger partial charge >= 0.3 is 0 Å². The Kier molecular flexibility index (Phi) is 4.34. The summed E-state index contributed by atoms with van der Waals surface area (Å²) in [5.74, 6) is 0.659. The van der Waals surface area contributed by atoms with Gasteiger partial charge in [-0.1, -0.05) is 37.3 Å². The molecule has 0 amide bonds. The van der Waals surface area contributed by atoms with Crippen LogP contribution in [0.15, 0.2) is 24.4 Å². The molecule has 0 saturated heterocycles. The predicted molar refractivity (Wildman–Crippen MR) is 84.1 cm³/mol. The number of hydrogen-bond acceptors (Lipinski definition) is 3. The van der Waals surface area contributed by atoms with E-state index in [-0.39, 0.29) is 0 Å². The van der Waals surface area contributed by atoms with Gasteiger partial charge in [-0.15, -0.1) is 5.10 Å². The molecule has 4 heteroatoms. The molecule has 3 rings (SSSR count). The fraction of sp³-hybridized carbons (Fsp3) is 0.529. The molecular formula is C17H24N4. The number of rotatable bonds is 6. The van der Waals surface area contributed by atoms with Gasteiger partial charge in [0.15, 0.2) is 0 Å². The van der Waals surface area contributed by atoms with E-state index < -0.39 is 0 Å². The van der Waals surface area contributed by atoms with Crippen molar-refractivity contribution in [2.75, 3.05) is 6.54 Å². The molecule has 112 valence electrons. The van der Waals surface area contributed by atoms with Crippen LogP contribution in [-0.4, -0.2) is 21.5 Å². The Morgan fingerprint density at radius 1 is 1.24 bits per heavy atom. The molecule has 0 unspecified atom stereocenters. The van der Waals surface area contributed by atoms with E-state index in [0.29, 0.717) is 5.92 Å². The van der Waals surface area contributed by atoms with Gasteiger partial charge in [0, 0.05) is 6.54 Å². The summed E-state index contributed by atoms with van der Waals surface area (Å²) < 4.78 is 1.93. The van der Waals surface area contributed by atoms with E-state index in [1.165, 1.54) is 36.0 Å². The molecule has 0 saturated carbocycles. The molecule has 0 radical (unpaired) electrons. The minimum absolute atomic E-state index is 0.659. The van der Waals surface area contributed by atoms with Crippen molar-refractivity contribution in [1.29, 1.82) is 0 Å². The maximum Gasteiger partial charge on any atom is 0.0964 e. The number of nitrogens with zero attached hydrogens (tertiary/aromatic N) is 3. The van der Waals surface area contributed by atoms with Crippen molar-refractivity contribution in [3.05, 3.63) is 46.8 Å². The Morgan fingerprint density at radius 2 is 2.10 bits per heavy atom. The highest BCUT2D eigenvalue weighted by Gasteiger charge is 2.11. The van der Waals surface area contributed by atoms with E-state index in [4.69, 9.17) is 0 Å². The Bertz CT molecular complexity index is 601. The van der Waals surface area contributed by atoms with E-state index in [2.05, 4.69) is 47.7 Å². The first-order chi connectivity index (χ1) is 10.2. The zero-order valence-electron chi connectivity index (χ0n) is 13.0. The van der Waals surface area contributed by atoms with Crippen molar-refractivity contribution in [2.24, 2.45) is 5.92 Å². The molecule has 0 aliphatic heterocycles. The molecule has 1 aliphatic carbocycles. The first-order valence-corrected chi connectivity index (χ1v) is 7.91. The molecule has 0 spiro atoms. The summed E-state index contributed by atoms with van der Waals surface area (Å²) in [5.41, 5.74) is 5.38. The van der Waals surface area contributed by atoms with Gasteiger partial charge in [-0.25, -0.2) is 4.68 Å². The summed E-state index contributed by atoms with van der Waals surface area (Å²) in [4.78, 5) is 0. The third-order valence-electron chi connectivity index (χ3n) is 3.95. The van der Waals surface area contributed by atoms with Crippen molar-refractivity contribution >= 4 is 0 Å². The summed E-state index contributed by atoms with van der Waals surface area (Å²) in [5, 5.41) is 11.9. The highest BCUT2D eigenvalue weighted by atomic mass is 15.4. The third kappa shape index (κ3) is 3.70. The average Bonchev–Trinajstić information content (AvgIpc) is 3.07. The average molecular weight is 284 g/mol. The van der Waals surface area contributed by atoms with Gasteiger partial charge in [0.1, 0.15) is 0 Å². The lowest BCUT2D eigenvalue weighted by Gasteiger charge is -2.05. The van der Waals surface area contributed by atoms with E-state index in [1.807, 2.05) is 10.9 Å². The number of hydrogen-bond donors (Lipinski definition) is 1. The summed E-state index contributed by atoms with van der Waals surface area (Å²) in [6, 6.07) is 6.84. The lowest BCUT2D eigenvalue weighted by atomic mass is 10.1. The Morgan fingerprint density at radius 3 is 2.95 bits per heavy atom. The molecule has 1 heterocycles. The molecule has 0 bridgehead atoms. The van der Waals surface area contributed by atoms with E-state index in [1.54, 1.807) is 0 Å². The van der Waals surface area contributed by atoms with Gasteiger partial charge in [-0.2, -0.15) is 0 Å². The van der Waals surface area contributed by atoms with Crippen LogP contribution in [0, 0.1) is 5.92 Å². The van der Waals surface area contributed by atoms with Gasteiger partial charge in [0.05, 0.1) is 18.4 Å². The standard InChI is InChI=1S/C17H24N4/c1-13(2)9-18-10-17-12-21(20-19-17)11-14-6-7-15-4-3-5-16(15)8-14/h6-8,12-13,18H,3-5,9-11H2,1-2H3. The predicted octanol–water partition coefficient (Wildman–Crippen LogP) is 2.56. The SMILES string of the molecule is CC(C)CNCc1cn(Cc2ccc3c(c2)CCC3)nn1. The molecule has 1 aliphatic rings. The van der Waals surface area contributed by atoms with Crippen LogP contribution in [0.4, 0.5) is 0 Å². The van der Waals surface area contributed by atoms with Crippen LogP contribution < -0.4 is 5.32 Å². The second-order valence-corrected chi connectivity index (χ2v) is 6.39. The highest BCUT2D eigenvalue weighted by molar-refractivity contribution is 5.35.